The SMILES string of the molecule is COc1nc(-c2cccc(-c3cccc(-c4ccc5nc(C(=O)NCC(C)N)cn5n4)c3Cl)c2Cl)ccc1CNCC1CCC(=O)N1. The zero-order chi connectivity index (χ0) is 33.1. The fourth-order valence-electron chi connectivity index (χ4n) is 5.50. The molecule has 0 aliphatic carbocycles. The molecule has 13 heteroatoms. The molecule has 2 amide bonds. The first-order valence-corrected chi connectivity index (χ1v) is 16.0. The number of nitrogens with one attached hydrogen (secondary N) is 3. The van der Waals surface area contributed by atoms with Gasteiger partial charge in [-0.15, -0.1) is 0 Å². The molecule has 5 aromatic rings. The second-order valence-electron chi connectivity index (χ2n) is 11.5. The fourth-order valence-corrected chi connectivity index (χ4v) is 6.15. The lowest BCUT2D eigenvalue weighted by Crippen LogP contribution is -2.35. The zero-order valence-electron chi connectivity index (χ0n) is 25.9. The number of amides is 2. The van der Waals surface area contributed by atoms with E-state index in [2.05, 4.69) is 26.0 Å². The van der Waals surface area contributed by atoms with Crippen molar-refractivity contribution in [2.24, 2.45) is 5.73 Å². The molecule has 1 aliphatic heterocycles. The number of aromatic nitrogens is 4. The summed E-state index contributed by atoms with van der Waals surface area (Å²) in [4.78, 5) is 33.1. The van der Waals surface area contributed by atoms with E-state index in [-0.39, 0.29) is 29.6 Å². The lowest BCUT2D eigenvalue weighted by Gasteiger charge is -2.15. The number of methoxy groups -OCH3 is 1. The van der Waals surface area contributed by atoms with Gasteiger partial charge in [-0.05, 0) is 31.5 Å². The van der Waals surface area contributed by atoms with Crippen LogP contribution < -0.4 is 26.4 Å². The van der Waals surface area contributed by atoms with Crippen molar-refractivity contribution in [1.29, 1.82) is 0 Å². The molecule has 2 aromatic carbocycles. The van der Waals surface area contributed by atoms with Crippen molar-refractivity contribution in [2.45, 2.75) is 38.4 Å². The van der Waals surface area contributed by atoms with Crippen LogP contribution in [0.5, 0.6) is 5.88 Å². The van der Waals surface area contributed by atoms with Crippen LogP contribution in [0.15, 0.2) is 66.9 Å². The molecule has 6 rings (SSSR count). The lowest BCUT2D eigenvalue weighted by molar-refractivity contribution is -0.119. The number of hydrogen-bond donors (Lipinski definition) is 4. The number of benzene rings is 2. The summed E-state index contributed by atoms with van der Waals surface area (Å²) in [5.74, 6) is 0.260. The summed E-state index contributed by atoms with van der Waals surface area (Å²) in [7, 11) is 1.59. The lowest BCUT2D eigenvalue weighted by atomic mass is 9.98. The highest BCUT2D eigenvalue weighted by Gasteiger charge is 2.21. The first-order valence-electron chi connectivity index (χ1n) is 15.2. The van der Waals surface area contributed by atoms with Gasteiger partial charge in [0.25, 0.3) is 5.91 Å². The Bertz CT molecular complexity index is 1960. The third kappa shape index (κ3) is 7.08. The highest BCUT2D eigenvalue weighted by Crippen LogP contribution is 2.42. The second kappa shape index (κ2) is 14.1. The summed E-state index contributed by atoms with van der Waals surface area (Å²) < 4.78 is 7.18. The molecule has 1 fully saturated rings. The van der Waals surface area contributed by atoms with Crippen molar-refractivity contribution in [2.75, 3.05) is 20.2 Å². The van der Waals surface area contributed by atoms with E-state index in [1.54, 1.807) is 23.9 Å². The van der Waals surface area contributed by atoms with Crippen LogP contribution in [-0.4, -0.2) is 63.7 Å². The van der Waals surface area contributed by atoms with E-state index in [9.17, 15) is 9.59 Å². The summed E-state index contributed by atoms with van der Waals surface area (Å²) in [6, 6.07) is 18.8. The van der Waals surface area contributed by atoms with E-state index in [0.717, 1.165) is 28.7 Å². The summed E-state index contributed by atoms with van der Waals surface area (Å²) >= 11 is 14.1. The first-order chi connectivity index (χ1) is 22.7. The van der Waals surface area contributed by atoms with Crippen LogP contribution in [0.2, 0.25) is 10.0 Å². The van der Waals surface area contributed by atoms with Crippen LogP contribution in [0, 0.1) is 0 Å². The molecule has 0 bridgehead atoms. The van der Waals surface area contributed by atoms with Gasteiger partial charge in [-0.25, -0.2) is 14.5 Å². The molecule has 11 nitrogen and oxygen atoms in total. The zero-order valence-corrected chi connectivity index (χ0v) is 27.4. The quantitative estimate of drug-likeness (QED) is 0.155. The van der Waals surface area contributed by atoms with Gasteiger partial charge in [0.1, 0.15) is 5.69 Å². The summed E-state index contributed by atoms with van der Waals surface area (Å²) in [5.41, 5.74) is 11.5. The number of nitrogens with zero attached hydrogens (tertiary/aromatic N) is 4. The molecule has 4 heterocycles. The average Bonchev–Trinajstić information content (AvgIpc) is 3.69. The normalized spacial score (nSPS) is 15.1. The van der Waals surface area contributed by atoms with Gasteiger partial charge in [0.15, 0.2) is 5.65 Å². The molecule has 0 radical (unpaired) electrons. The van der Waals surface area contributed by atoms with Crippen molar-refractivity contribution in [1.82, 2.24) is 35.5 Å². The molecule has 5 N–H and O–H groups in total. The Balaban J connectivity index is 1.25. The Morgan fingerprint density at radius 3 is 2.36 bits per heavy atom. The topological polar surface area (TPSA) is 149 Å². The Labute approximate surface area is 281 Å². The van der Waals surface area contributed by atoms with Crippen LogP contribution in [0.1, 0.15) is 35.8 Å². The average molecular weight is 674 g/mol. The summed E-state index contributed by atoms with van der Waals surface area (Å²) in [5, 5.41) is 14.8. The Hall–Kier alpha value is -4.55. The van der Waals surface area contributed by atoms with Crippen LogP contribution in [-0.2, 0) is 11.3 Å². The smallest absolute Gasteiger partial charge is 0.271 e. The number of carbonyl (C=O) groups is 2. The van der Waals surface area contributed by atoms with Crippen molar-refractivity contribution in [3.8, 4) is 39.5 Å². The number of rotatable bonds is 11. The van der Waals surface area contributed by atoms with Gasteiger partial charge in [-0.3, -0.25) is 9.59 Å². The van der Waals surface area contributed by atoms with Crippen molar-refractivity contribution < 1.29 is 14.3 Å². The summed E-state index contributed by atoms with van der Waals surface area (Å²) in [6.07, 6.45) is 2.97. The number of nitrogens with two attached hydrogens (primary N) is 1. The summed E-state index contributed by atoms with van der Waals surface area (Å²) in [6.45, 7) is 3.36. The van der Waals surface area contributed by atoms with E-state index in [0.29, 0.717) is 64.6 Å². The number of fused-ring (bicyclic) bond motifs is 1. The first kappa shape index (κ1) is 32.4. The van der Waals surface area contributed by atoms with Gasteiger partial charge in [0, 0.05) is 66.0 Å². The van der Waals surface area contributed by atoms with Gasteiger partial charge in [0.2, 0.25) is 11.8 Å². The monoisotopic (exact) mass is 672 g/mol. The van der Waals surface area contributed by atoms with Crippen LogP contribution in [0.3, 0.4) is 0 Å². The molecule has 2 unspecified atom stereocenters. The second-order valence-corrected chi connectivity index (χ2v) is 12.2. The number of carbonyl (C=O) groups excluding carboxylic acids is 2. The Kier molecular flexibility index (Phi) is 9.69. The van der Waals surface area contributed by atoms with Gasteiger partial charge >= 0.3 is 0 Å². The third-order valence-electron chi connectivity index (χ3n) is 7.90. The van der Waals surface area contributed by atoms with E-state index >= 15 is 0 Å². The molecule has 1 aliphatic rings. The van der Waals surface area contributed by atoms with E-state index < -0.39 is 0 Å². The fraction of sp³-hybridized carbons (Fsp3) is 0.265. The Morgan fingerprint density at radius 1 is 1.02 bits per heavy atom. The number of hydrogen-bond acceptors (Lipinski definition) is 8. The molecular formula is C34H34Cl2N8O3. The van der Waals surface area contributed by atoms with Crippen molar-refractivity contribution in [3.63, 3.8) is 0 Å². The standard InChI is InChI=1S/C34H34Cl2N8O3/c1-19(37)15-39-33(46)28-18-44-29(41-28)13-12-27(43-44)25-8-4-6-23(32(25)36)22-5-3-7-24(31(22)35)26-11-9-20(34(42-26)47-2)16-38-17-21-10-14-30(45)40-21/h3-9,11-13,18-19,21,38H,10,14-17,37H2,1-2H3,(H,39,46)(H,40,45). The molecule has 47 heavy (non-hydrogen) atoms. The largest absolute Gasteiger partial charge is 0.481 e. The number of imidazole rings is 1. The van der Waals surface area contributed by atoms with E-state index in [1.165, 1.54) is 0 Å². The number of pyridine rings is 1. The minimum Gasteiger partial charge on any atom is -0.481 e. The predicted molar refractivity (Wildman–Crippen MR) is 183 cm³/mol. The molecule has 2 atom stereocenters. The van der Waals surface area contributed by atoms with Gasteiger partial charge < -0.3 is 26.4 Å². The van der Waals surface area contributed by atoms with E-state index in [4.69, 9.17) is 38.7 Å². The molecule has 3 aromatic heterocycles. The van der Waals surface area contributed by atoms with Crippen LogP contribution in [0.4, 0.5) is 0 Å². The number of halogens is 2. The highest BCUT2D eigenvalue weighted by molar-refractivity contribution is 6.39. The molecular weight excluding hydrogens is 639 g/mol. The minimum atomic E-state index is -0.321. The van der Waals surface area contributed by atoms with Gasteiger partial charge in [0.05, 0.1) is 34.7 Å². The van der Waals surface area contributed by atoms with Gasteiger partial charge in [-0.1, -0.05) is 65.7 Å². The maximum absolute atomic E-state index is 12.5. The van der Waals surface area contributed by atoms with Crippen LogP contribution in [0.25, 0.3) is 39.3 Å². The number of ether oxygens (including phenoxy) is 1. The van der Waals surface area contributed by atoms with Gasteiger partial charge in [-0.2, -0.15) is 5.10 Å². The van der Waals surface area contributed by atoms with Crippen LogP contribution >= 0.6 is 23.2 Å². The third-order valence-corrected chi connectivity index (χ3v) is 8.71. The molecule has 1 saturated heterocycles. The minimum absolute atomic E-state index is 0.0926. The molecule has 0 spiro atoms. The maximum Gasteiger partial charge on any atom is 0.271 e. The molecule has 242 valence electrons. The maximum atomic E-state index is 12.5. The highest BCUT2D eigenvalue weighted by atomic mass is 35.5. The predicted octanol–water partition coefficient (Wildman–Crippen LogP) is 4.89. The van der Waals surface area contributed by atoms with Crippen molar-refractivity contribution >= 4 is 40.7 Å². The Morgan fingerprint density at radius 2 is 1.70 bits per heavy atom. The van der Waals surface area contributed by atoms with Crippen molar-refractivity contribution in [3.05, 3.63) is 88.2 Å². The van der Waals surface area contributed by atoms with E-state index in [1.807, 2.05) is 61.5 Å². The molecule has 0 saturated carbocycles.